The molecular weight excluding hydrogens is 170 g/mol. The van der Waals surface area contributed by atoms with Crippen molar-refractivity contribution in [2.45, 2.75) is 26.4 Å². The Morgan fingerprint density at radius 2 is 2.15 bits per heavy atom. The van der Waals surface area contributed by atoms with Gasteiger partial charge in [-0.05, 0) is 20.8 Å². The highest BCUT2D eigenvalue weighted by atomic mass is 16.5. The molecule has 4 heteroatoms. The number of ether oxygens (including phenoxy) is 1. The maximum atomic E-state index is 10.5. The third kappa shape index (κ3) is 1.78. The lowest BCUT2D eigenvalue weighted by Crippen LogP contribution is -2.19. The molecular formula is C9H13NO3. The second kappa shape index (κ2) is 3.30. The summed E-state index contributed by atoms with van der Waals surface area (Å²) < 4.78 is 10.4. The fourth-order valence-corrected chi connectivity index (χ4v) is 0.862. The summed E-state index contributed by atoms with van der Waals surface area (Å²) in [5.41, 5.74) is 0.00146. The van der Waals surface area contributed by atoms with Gasteiger partial charge in [-0.1, -0.05) is 0 Å². The van der Waals surface area contributed by atoms with E-state index in [1.165, 1.54) is 0 Å². The SMILES string of the molecule is COC(C)(C)c1nc(C)c(C=O)o1. The molecule has 0 aromatic carbocycles. The van der Waals surface area contributed by atoms with Gasteiger partial charge in [-0.15, -0.1) is 0 Å². The van der Waals surface area contributed by atoms with Gasteiger partial charge in [0.1, 0.15) is 5.60 Å². The van der Waals surface area contributed by atoms with Crippen molar-refractivity contribution >= 4 is 6.29 Å². The van der Waals surface area contributed by atoms with E-state index >= 15 is 0 Å². The molecule has 1 aromatic rings. The minimum Gasteiger partial charge on any atom is -0.434 e. The van der Waals surface area contributed by atoms with E-state index in [1.807, 2.05) is 13.8 Å². The Hall–Kier alpha value is -1.16. The molecule has 0 aliphatic carbocycles. The molecule has 0 radical (unpaired) electrons. The van der Waals surface area contributed by atoms with Crippen molar-refractivity contribution in [2.24, 2.45) is 0 Å². The molecule has 0 aliphatic heterocycles. The normalized spacial score (nSPS) is 11.7. The van der Waals surface area contributed by atoms with Crippen LogP contribution in [0.15, 0.2) is 4.42 Å². The number of hydrogen-bond acceptors (Lipinski definition) is 4. The Balaban J connectivity index is 3.10. The largest absolute Gasteiger partial charge is 0.434 e. The lowest BCUT2D eigenvalue weighted by molar-refractivity contribution is -0.00407. The van der Waals surface area contributed by atoms with Crippen molar-refractivity contribution in [2.75, 3.05) is 7.11 Å². The van der Waals surface area contributed by atoms with Gasteiger partial charge in [-0.3, -0.25) is 4.79 Å². The van der Waals surface area contributed by atoms with Crippen LogP contribution in [0, 0.1) is 6.92 Å². The van der Waals surface area contributed by atoms with Gasteiger partial charge in [-0.2, -0.15) is 0 Å². The van der Waals surface area contributed by atoms with E-state index in [4.69, 9.17) is 9.15 Å². The number of aldehydes is 1. The van der Waals surface area contributed by atoms with Crippen LogP contribution in [0.3, 0.4) is 0 Å². The van der Waals surface area contributed by atoms with Gasteiger partial charge in [0, 0.05) is 7.11 Å². The van der Waals surface area contributed by atoms with Gasteiger partial charge in [-0.25, -0.2) is 4.98 Å². The Kier molecular flexibility index (Phi) is 2.52. The van der Waals surface area contributed by atoms with Gasteiger partial charge >= 0.3 is 0 Å². The van der Waals surface area contributed by atoms with Crippen molar-refractivity contribution < 1.29 is 13.9 Å². The number of rotatable bonds is 3. The predicted octanol–water partition coefficient (Wildman–Crippen LogP) is 1.68. The minimum atomic E-state index is -0.591. The number of aryl methyl sites for hydroxylation is 1. The van der Waals surface area contributed by atoms with Crippen LogP contribution in [0.25, 0.3) is 0 Å². The molecule has 0 aliphatic rings. The molecule has 0 amide bonds. The van der Waals surface area contributed by atoms with Crippen molar-refractivity contribution in [3.63, 3.8) is 0 Å². The molecule has 0 unspecified atom stereocenters. The smallest absolute Gasteiger partial charge is 0.227 e. The summed E-state index contributed by atoms with van der Waals surface area (Å²) >= 11 is 0. The maximum absolute atomic E-state index is 10.5. The molecule has 0 fully saturated rings. The Morgan fingerprint density at radius 1 is 1.54 bits per heavy atom. The van der Waals surface area contributed by atoms with Crippen molar-refractivity contribution in [1.29, 1.82) is 0 Å². The van der Waals surface area contributed by atoms with E-state index in [0.29, 0.717) is 17.9 Å². The van der Waals surface area contributed by atoms with Gasteiger partial charge in [0.2, 0.25) is 5.89 Å². The number of aromatic nitrogens is 1. The molecule has 0 spiro atoms. The predicted molar refractivity (Wildman–Crippen MR) is 46.7 cm³/mol. The van der Waals surface area contributed by atoms with Gasteiger partial charge in [0.25, 0.3) is 0 Å². The van der Waals surface area contributed by atoms with Gasteiger partial charge < -0.3 is 9.15 Å². The van der Waals surface area contributed by atoms with Crippen molar-refractivity contribution in [1.82, 2.24) is 4.98 Å². The average molecular weight is 183 g/mol. The highest BCUT2D eigenvalue weighted by Gasteiger charge is 2.26. The summed E-state index contributed by atoms with van der Waals surface area (Å²) in [4.78, 5) is 14.6. The number of nitrogens with zero attached hydrogens (tertiary/aromatic N) is 1. The Bertz CT molecular complexity index is 315. The molecule has 1 rings (SSSR count). The van der Waals surface area contributed by atoms with Crippen LogP contribution < -0.4 is 0 Å². The highest BCUT2D eigenvalue weighted by Crippen LogP contribution is 2.24. The van der Waals surface area contributed by atoms with E-state index in [0.717, 1.165) is 0 Å². The van der Waals surface area contributed by atoms with E-state index < -0.39 is 5.60 Å². The molecule has 0 saturated carbocycles. The first kappa shape index (κ1) is 9.92. The zero-order valence-corrected chi connectivity index (χ0v) is 8.25. The number of hydrogen-bond donors (Lipinski definition) is 0. The maximum Gasteiger partial charge on any atom is 0.227 e. The number of carbonyl (C=O) groups is 1. The van der Waals surface area contributed by atoms with Crippen molar-refractivity contribution in [3.05, 3.63) is 17.3 Å². The minimum absolute atomic E-state index is 0.264. The fourth-order valence-electron chi connectivity index (χ4n) is 0.862. The summed E-state index contributed by atoms with van der Waals surface area (Å²) in [6.07, 6.45) is 0.650. The van der Waals surface area contributed by atoms with Crippen LogP contribution in [-0.2, 0) is 10.3 Å². The Labute approximate surface area is 76.9 Å². The van der Waals surface area contributed by atoms with Crippen LogP contribution in [0.1, 0.15) is 36.0 Å². The summed E-state index contributed by atoms with van der Waals surface area (Å²) in [7, 11) is 1.57. The number of oxazole rings is 1. The third-order valence-corrected chi connectivity index (χ3v) is 1.96. The molecule has 72 valence electrons. The van der Waals surface area contributed by atoms with E-state index in [9.17, 15) is 4.79 Å². The molecule has 0 atom stereocenters. The monoisotopic (exact) mass is 183 g/mol. The average Bonchev–Trinajstić information content (AvgIpc) is 2.47. The standard InChI is InChI=1S/C9H13NO3/c1-6-7(5-11)13-8(10-6)9(2,3)12-4/h5H,1-4H3. The first-order valence-corrected chi connectivity index (χ1v) is 3.99. The number of carbonyl (C=O) groups excluding carboxylic acids is 1. The summed E-state index contributed by atoms with van der Waals surface area (Å²) in [5, 5.41) is 0. The van der Waals surface area contributed by atoms with E-state index in [2.05, 4.69) is 4.98 Å². The van der Waals surface area contributed by atoms with Crippen molar-refractivity contribution in [3.8, 4) is 0 Å². The highest BCUT2D eigenvalue weighted by molar-refractivity contribution is 5.71. The second-order valence-corrected chi connectivity index (χ2v) is 3.30. The molecule has 0 saturated heterocycles. The molecule has 13 heavy (non-hydrogen) atoms. The van der Waals surface area contributed by atoms with Gasteiger partial charge in [0.15, 0.2) is 12.0 Å². The topological polar surface area (TPSA) is 52.3 Å². The molecule has 1 aromatic heterocycles. The molecule has 1 heterocycles. The molecule has 4 nitrogen and oxygen atoms in total. The lowest BCUT2D eigenvalue weighted by Gasteiger charge is -2.17. The van der Waals surface area contributed by atoms with Gasteiger partial charge in [0.05, 0.1) is 5.69 Å². The fraction of sp³-hybridized carbons (Fsp3) is 0.556. The Morgan fingerprint density at radius 3 is 2.54 bits per heavy atom. The van der Waals surface area contributed by atoms with Crippen LogP contribution in [0.2, 0.25) is 0 Å². The first-order chi connectivity index (χ1) is 6.01. The summed E-state index contributed by atoms with van der Waals surface area (Å²) in [6.45, 7) is 5.38. The van der Waals surface area contributed by atoms with Crippen LogP contribution in [-0.4, -0.2) is 18.4 Å². The van der Waals surface area contributed by atoms with Crippen LogP contribution in [0.5, 0.6) is 0 Å². The molecule has 0 N–H and O–H groups in total. The van der Waals surface area contributed by atoms with Crippen LogP contribution in [0.4, 0.5) is 0 Å². The lowest BCUT2D eigenvalue weighted by atomic mass is 10.1. The van der Waals surface area contributed by atoms with E-state index in [1.54, 1.807) is 14.0 Å². The number of methoxy groups -OCH3 is 1. The quantitative estimate of drug-likeness (QED) is 0.669. The first-order valence-electron chi connectivity index (χ1n) is 3.99. The van der Waals surface area contributed by atoms with E-state index in [-0.39, 0.29) is 5.76 Å². The summed E-state index contributed by atoms with van der Waals surface area (Å²) in [6, 6.07) is 0. The zero-order valence-electron chi connectivity index (χ0n) is 8.25. The second-order valence-electron chi connectivity index (χ2n) is 3.30. The zero-order chi connectivity index (χ0) is 10.1. The summed E-state index contributed by atoms with van der Waals surface area (Å²) in [5.74, 6) is 0.690. The van der Waals surface area contributed by atoms with Crippen LogP contribution >= 0.6 is 0 Å². The molecule has 0 bridgehead atoms. The third-order valence-electron chi connectivity index (χ3n) is 1.96.